The molecule has 232 valence electrons. The van der Waals surface area contributed by atoms with Crippen LogP contribution in [0.2, 0.25) is 0 Å². The van der Waals surface area contributed by atoms with Gasteiger partial charge in [0.2, 0.25) is 0 Å². The molecule has 4 fully saturated rings. The van der Waals surface area contributed by atoms with Crippen molar-refractivity contribution in [2.45, 2.75) is 118 Å². The first-order valence-corrected chi connectivity index (χ1v) is 17.3. The van der Waals surface area contributed by atoms with Crippen molar-refractivity contribution in [2.75, 3.05) is 0 Å². The van der Waals surface area contributed by atoms with Crippen molar-refractivity contribution >= 4 is 3.21 Å². The summed E-state index contributed by atoms with van der Waals surface area (Å²) in [4.78, 5) is 0. The van der Waals surface area contributed by atoms with Crippen molar-refractivity contribution in [1.29, 1.82) is 0 Å². The third-order valence-electron chi connectivity index (χ3n) is 10.6. The van der Waals surface area contributed by atoms with Gasteiger partial charge in [0.15, 0.2) is 0 Å². The smallest absolute Gasteiger partial charge is 1.00 e. The van der Waals surface area contributed by atoms with E-state index < -0.39 is 0 Å². The fourth-order valence-electron chi connectivity index (χ4n) is 8.62. The zero-order valence-corrected chi connectivity index (χ0v) is 32.0. The first kappa shape index (κ1) is 36.7. The number of allylic oxidation sites excluding steroid dienone is 4. The van der Waals surface area contributed by atoms with E-state index in [1.165, 1.54) is 55.8 Å². The number of halogens is 2. The summed E-state index contributed by atoms with van der Waals surface area (Å²) in [5.74, 6) is 3.18. The molecule has 0 aliphatic heterocycles. The summed E-state index contributed by atoms with van der Waals surface area (Å²) in [6.45, 7) is 20.3. The van der Waals surface area contributed by atoms with Crippen molar-refractivity contribution in [2.24, 2.45) is 28.6 Å². The number of hydrogen-bond donors (Lipinski definition) is 0. The van der Waals surface area contributed by atoms with Gasteiger partial charge in [-0.25, -0.2) is 12.2 Å². The Morgan fingerprint density at radius 3 is 1.81 bits per heavy atom. The van der Waals surface area contributed by atoms with E-state index in [1.54, 1.807) is 43.5 Å². The normalized spacial score (nSPS) is 28.9. The summed E-state index contributed by atoms with van der Waals surface area (Å²) >= 11 is 1.55. The molecule has 4 saturated carbocycles. The minimum atomic E-state index is 0. The van der Waals surface area contributed by atoms with Crippen LogP contribution >= 0.6 is 0 Å². The summed E-state index contributed by atoms with van der Waals surface area (Å²) in [7, 11) is 0. The Balaban J connectivity index is 0.000000205. The molecule has 43 heavy (non-hydrogen) atoms. The van der Waals surface area contributed by atoms with Crippen LogP contribution in [0.3, 0.4) is 0 Å². The molecular weight excluding hydrogens is 643 g/mol. The summed E-state index contributed by atoms with van der Waals surface area (Å²) in [5, 5.41) is 0. The van der Waals surface area contributed by atoms with Gasteiger partial charge in [0.25, 0.3) is 0 Å². The number of fused-ring (bicyclic) bond motifs is 3. The molecule has 6 aliphatic rings. The maximum atomic E-state index is 3.67. The first-order chi connectivity index (χ1) is 19.1. The molecule has 6 aliphatic carbocycles. The minimum Gasteiger partial charge on any atom is -1.00 e. The van der Waals surface area contributed by atoms with Gasteiger partial charge in [-0.2, -0.15) is 29.8 Å². The van der Waals surface area contributed by atoms with Crippen LogP contribution in [0.5, 0.6) is 0 Å². The van der Waals surface area contributed by atoms with Crippen LogP contribution < -0.4 is 24.8 Å². The average Bonchev–Trinajstić information content (AvgIpc) is 3.46. The molecule has 3 heteroatoms. The average molecular weight is 695 g/mol. The molecule has 0 saturated heterocycles. The molecule has 2 aromatic carbocycles. The van der Waals surface area contributed by atoms with Crippen molar-refractivity contribution in [3.8, 4) is 11.1 Å². The quantitative estimate of drug-likeness (QED) is 0.329. The van der Waals surface area contributed by atoms with Gasteiger partial charge in [0.05, 0.1) is 0 Å². The summed E-state index contributed by atoms with van der Waals surface area (Å²) < 4.78 is 1.51. The third-order valence-corrected chi connectivity index (χ3v) is 10.6. The topological polar surface area (TPSA) is 0 Å². The first-order valence-electron chi connectivity index (χ1n) is 16.1. The standard InChI is InChI=1S/C21H25.C16H21.C3H6.2ClH.Zr/c1-20(2,3)16-7-9-18-14(12-16)11-15-13-17(21(4,5)6)8-10-19(15)18;1-15(4-2-3-5-15)16-9-12-6-13(10-16)8-14(7-12)11-16;1-3-2;;;/h7-10,12H,11H2,1-6H3;2,4-5,12-14H,6-11H2,1H3;1-2H3;2*1H;/q2*-1;;;;+2/p-2. The molecule has 4 bridgehead atoms. The second-order valence-corrected chi connectivity index (χ2v) is 18.9. The predicted molar refractivity (Wildman–Crippen MR) is 173 cm³/mol. The van der Waals surface area contributed by atoms with E-state index in [-0.39, 0.29) is 35.6 Å². The van der Waals surface area contributed by atoms with E-state index >= 15 is 0 Å². The molecule has 0 radical (unpaired) electrons. The predicted octanol–water partition coefficient (Wildman–Crippen LogP) is 4.54. The van der Waals surface area contributed by atoms with Crippen LogP contribution in [0.15, 0.2) is 48.6 Å². The van der Waals surface area contributed by atoms with Gasteiger partial charge < -0.3 is 24.8 Å². The SMILES string of the molecule is CC(C)(C)c1[c-]c2c(cc1)-c1ccc(C(C)(C)C)cc1C2.CC1(C23CC4CC(CC(C4)C2)C3)C=[C-]C=C1.C[C](C)=[Zr+2].[Cl-].[Cl-]. The molecule has 0 spiro atoms. The molecule has 0 aromatic heterocycles. The number of benzene rings is 2. The zero-order chi connectivity index (χ0) is 29.8. The molecule has 1 unspecified atom stereocenters. The van der Waals surface area contributed by atoms with Gasteiger partial charge in [-0.3, -0.25) is 6.08 Å². The number of hydrogen-bond acceptors (Lipinski definition) is 0. The zero-order valence-electron chi connectivity index (χ0n) is 28.1. The second-order valence-electron chi connectivity index (χ2n) is 16.4. The van der Waals surface area contributed by atoms with Gasteiger partial charge in [0, 0.05) is 0 Å². The van der Waals surface area contributed by atoms with Crippen LogP contribution in [0.1, 0.15) is 123 Å². The van der Waals surface area contributed by atoms with E-state index in [2.05, 4.69) is 123 Å². The maximum absolute atomic E-state index is 3.67. The molecule has 0 N–H and O–H groups in total. The van der Waals surface area contributed by atoms with E-state index in [0.717, 1.165) is 24.2 Å². The number of rotatable bonds is 1. The second kappa shape index (κ2) is 13.5. The fourth-order valence-corrected chi connectivity index (χ4v) is 8.62. The molecule has 0 nitrogen and oxygen atoms in total. The Hall–Kier alpha value is -0.747. The van der Waals surface area contributed by atoms with Crippen LogP contribution in [-0.4, -0.2) is 3.21 Å². The Morgan fingerprint density at radius 2 is 1.35 bits per heavy atom. The van der Waals surface area contributed by atoms with E-state index in [4.69, 9.17) is 0 Å². The van der Waals surface area contributed by atoms with Gasteiger partial charge in [-0.1, -0.05) is 77.6 Å². The van der Waals surface area contributed by atoms with E-state index in [1.807, 2.05) is 0 Å². The third kappa shape index (κ3) is 7.80. The van der Waals surface area contributed by atoms with Crippen molar-refractivity contribution < 1.29 is 49.0 Å². The Kier molecular flexibility index (Phi) is 11.6. The Bertz CT molecular complexity index is 1250. The Labute approximate surface area is 291 Å². The summed E-state index contributed by atoms with van der Waals surface area (Å²) in [6.07, 6.45) is 20.4. The Morgan fingerprint density at radius 1 is 0.814 bits per heavy atom. The largest absolute Gasteiger partial charge is 1.00 e. The van der Waals surface area contributed by atoms with Gasteiger partial charge in [-0.05, 0) is 90.1 Å². The maximum Gasteiger partial charge on any atom is -1.00 e. The van der Waals surface area contributed by atoms with Gasteiger partial charge >= 0.3 is 41.3 Å². The monoisotopic (exact) mass is 692 g/mol. The van der Waals surface area contributed by atoms with Crippen LogP contribution in [0.4, 0.5) is 0 Å². The van der Waals surface area contributed by atoms with Crippen LogP contribution in [0, 0.1) is 40.7 Å². The minimum absolute atomic E-state index is 0. The van der Waals surface area contributed by atoms with Gasteiger partial charge in [-0.15, -0.1) is 11.1 Å². The summed E-state index contributed by atoms with van der Waals surface area (Å²) in [6, 6.07) is 15.2. The van der Waals surface area contributed by atoms with E-state index in [0.29, 0.717) is 10.8 Å². The van der Waals surface area contributed by atoms with Crippen LogP contribution in [-0.2, 0) is 41.5 Å². The van der Waals surface area contributed by atoms with Crippen molar-refractivity contribution in [3.05, 3.63) is 83.0 Å². The molecule has 0 heterocycles. The molecule has 2 aromatic rings. The van der Waals surface area contributed by atoms with Crippen molar-refractivity contribution in [3.63, 3.8) is 0 Å². The molecule has 0 amide bonds. The fraction of sp³-hybridized carbons (Fsp3) is 0.575. The van der Waals surface area contributed by atoms with Crippen molar-refractivity contribution in [1.82, 2.24) is 0 Å². The molecule has 1 atom stereocenters. The van der Waals surface area contributed by atoms with Gasteiger partial charge in [0.1, 0.15) is 0 Å². The molecular formula is C40H52Cl2Zr-2. The summed E-state index contributed by atoms with van der Waals surface area (Å²) in [5.41, 5.74) is 9.65. The van der Waals surface area contributed by atoms with E-state index in [9.17, 15) is 0 Å². The van der Waals surface area contributed by atoms with Crippen LogP contribution in [0.25, 0.3) is 11.1 Å². The molecule has 8 rings (SSSR count).